The number of aromatic nitrogens is 2. The van der Waals surface area contributed by atoms with E-state index >= 15 is 0 Å². The lowest BCUT2D eigenvalue weighted by molar-refractivity contribution is 0.0651. The summed E-state index contributed by atoms with van der Waals surface area (Å²) in [5, 5.41) is 26.5. The van der Waals surface area contributed by atoms with Crippen LogP contribution < -0.4 is 0 Å². The van der Waals surface area contributed by atoms with Gasteiger partial charge in [0.15, 0.2) is 4.34 Å². The van der Waals surface area contributed by atoms with Gasteiger partial charge in [0.1, 0.15) is 5.01 Å². The molecule has 0 aliphatic carbocycles. The van der Waals surface area contributed by atoms with Crippen LogP contribution in [-0.2, 0) is 0 Å². The minimum Gasteiger partial charge on any atom is -0.478 e. The van der Waals surface area contributed by atoms with Crippen LogP contribution in [0, 0.1) is 6.92 Å². The van der Waals surface area contributed by atoms with Crippen LogP contribution >= 0.6 is 23.1 Å². The molecule has 1 heterocycles. The first-order valence-electron chi connectivity index (χ1n) is 5.06. The van der Waals surface area contributed by atoms with Crippen LogP contribution in [0.3, 0.4) is 0 Å². The van der Waals surface area contributed by atoms with Crippen LogP contribution in [-0.4, -0.2) is 32.3 Å². The van der Waals surface area contributed by atoms with Gasteiger partial charge in [-0.15, -0.1) is 10.2 Å². The summed E-state index contributed by atoms with van der Waals surface area (Å²) in [5.41, 5.74) is -0.468. The molecule has 0 spiro atoms. The maximum atomic E-state index is 11.0. The van der Waals surface area contributed by atoms with E-state index < -0.39 is 11.9 Å². The van der Waals surface area contributed by atoms with E-state index in [0.29, 0.717) is 9.24 Å². The quantitative estimate of drug-likeness (QED) is 0.893. The Labute approximate surface area is 116 Å². The molecule has 19 heavy (non-hydrogen) atoms. The first-order valence-corrected chi connectivity index (χ1v) is 6.69. The number of aromatic carboxylic acids is 2. The first-order chi connectivity index (χ1) is 8.97. The molecule has 0 saturated heterocycles. The van der Waals surface area contributed by atoms with E-state index in [2.05, 4.69) is 10.2 Å². The number of carboxylic acid groups (broad SMARTS) is 2. The smallest absolute Gasteiger partial charge is 0.336 e. The Bertz CT molecular complexity index is 654. The van der Waals surface area contributed by atoms with E-state index in [0.717, 1.165) is 5.01 Å². The molecule has 0 amide bonds. The van der Waals surface area contributed by atoms with E-state index in [9.17, 15) is 9.59 Å². The molecular formula is C11H8N2O4S2. The normalized spacial score (nSPS) is 10.4. The number of rotatable bonds is 4. The van der Waals surface area contributed by atoms with Crippen molar-refractivity contribution in [1.82, 2.24) is 10.2 Å². The molecule has 2 aromatic rings. The topological polar surface area (TPSA) is 100 Å². The van der Waals surface area contributed by atoms with Crippen molar-refractivity contribution in [2.75, 3.05) is 0 Å². The van der Waals surface area contributed by atoms with Crippen molar-refractivity contribution >= 4 is 35.0 Å². The average molecular weight is 296 g/mol. The molecule has 8 heteroatoms. The second-order valence-corrected chi connectivity index (χ2v) is 6.01. The molecule has 0 saturated carbocycles. The van der Waals surface area contributed by atoms with Gasteiger partial charge in [-0.2, -0.15) is 0 Å². The molecule has 1 aromatic heterocycles. The summed E-state index contributed by atoms with van der Waals surface area (Å²) in [4.78, 5) is 22.6. The molecule has 0 aliphatic rings. The Morgan fingerprint density at radius 2 is 1.84 bits per heavy atom. The zero-order valence-corrected chi connectivity index (χ0v) is 11.3. The number of benzene rings is 1. The third-order valence-electron chi connectivity index (χ3n) is 2.16. The van der Waals surface area contributed by atoms with Crippen LogP contribution in [0.2, 0.25) is 0 Å². The second kappa shape index (κ2) is 5.37. The van der Waals surface area contributed by atoms with Gasteiger partial charge in [0.2, 0.25) is 0 Å². The molecular weight excluding hydrogens is 288 g/mol. The molecule has 1 aromatic carbocycles. The molecule has 0 radical (unpaired) electrons. The number of carbonyl (C=O) groups is 2. The number of carboxylic acids is 2. The van der Waals surface area contributed by atoms with Crippen molar-refractivity contribution < 1.29 is 19.8 Å². The molecule has 6 nitrogen and oxygen atoms in total. The predicted octanol–water partition coefficient (Wildman–Crippen LogP) is 2.39. The largest absolute Gasteiger partial charge is 0.478 e. The minimum absolute atomic E-state index is 0.231. The maximum Gasteiger partial charge on any atom is 0.336 e. The standard InChI is InChI=1S/C11H8N2O4S2/c1-5-12-13-11(18-5)19-6-2-3-7(9(14)15)8(4-6)10(16)17/h2-4H,1H3,(H,14,15)(H,16,17). The van der Waals surface area contributed by atoms with Gasteiger partial charge in [0.25, 0.3) is 0 Å². The van der Waals surface area contributed by atoms with Gasteiger partial charge in [-0.05, 0) is 25.1 Å². The fraction of sp³-hybridized carbons (Fsp3) is 0.0909. The van der Waals surface area contributed by atoms with Crippen molar-refractivity contribution in [1.29, 1.82) is 0 Å². The number of hydrogen-bond acceptors (Lipinski definition) is 6. The highest BCUT2D eigenvalue weighted by Crippen LogP contribution is 2.31. The maximum absolute atomic E-state index is 11.0. The molecule has 0 aliphatic heterocycles. The van der Waals surface area contributed by atoms with Crippen molar-refractivity contribution in [2.24, 2.45) is 0 Å². The van der Waals surface area contributed by atoms with Crippen LogP contribution in [0.1, 0.15) is 25.7 Å². The molecule has 2 rings (SSSR count). The molecule has 2 N–H and O–H groups in total. The monoisotopic (exact) mass is 296 g/mol. The van der Waals surface area contributed by atoms with Gasteiger partial charge in [0, 0.05) is 4.90 Å². The lowest BCUT2D eigenvalue weighted by atomic mass is 10.1. The summed E-state index contributed by atoms with van der Waals surface area (Å²) in [5.74, 6) is -2.53. The highest BCUT2D eigenvalue weighted by Gasteiger charge is 2.17. The predicted molar refractivity (Wildman–Crippen MR) is 69.1 cm³/mol. The van der Waals surface area contributed by atoms with E-state index in [1.54, 1.807) is 6.07 Å². The molecule has 0 unspecified atom stereocenters. The minimum atomic E-state index is -1.27. The Balaban J connectivity index is 2.35. The van der Waals surface area contributed by atoms with Crippen LogP contribution in [0.5, 0.6) is 0 Å². The van der Waals surface area contributed by atoms with Gasteiger partial charge >= 0.3 is 11.9 Å². The Morgan fingerprint density at radius 1 is 1.16 bits per heavy atom. The lowest BCUT2D eigenvalue weighted by Crippen LogP contribution is -2.07. The van der Waals surface area contributed by atoms with Gasteiger partial charge in [-0.1, -0.05) is 23.1 Å². The van der Waals surface area contributed by atoms with Crippen molar-refractivity contribution in [3.8, 4) is 0 Å². The number of hydrogen-bond donors (Lipinski definition) is 2. The van der Waals surface area contributed by atoms with Gasteiger partial charge in [-0.25, -0.2) is 9.59 Å². The third kappa shape index (κ3) is 3.09. The van der Waals surface area contributed by atoms with Crippen molar-refractivity contribution in [3.05, 3.63) is 34.3 Å². The van der Waals surface area contributed by atoms with Gasteiger partial charge in [-0.3, -0.25) is 0 Å². The third-order valence-corrected chi connectivity index (χ3v) is 4.04. The second-order valence-electron chi connectivity index (χ2n) is 3.51. The highest BCUT2D eigenvalue weighted by molar-refractivity contribution is 8.01. The van der Waals surface area contributed by atoms with Crippen LogP contribution in [0.25, 0.3) is 0 Å². The van der Waals surface area contributed by atoms with E-state index in [-0.39, 0.29) is 11.1 Å². The Morgan fingerprint density at radius 3 is 2.37 bits per heavy atom. The molecule has 98 valence electrons. The van der Waals surface area contributed by atoms with E-state index in [1.165, 1.54) is 35.2 Å². The van der Waals surface area contributed by atoms with E-state index in [4.69, 9.17) is 10.2 Å². The zero-order chi connectivity index (χ0) is 14.0. The Kier molecular flexibility index (Phi) is 3.82. The first kappa shape index (κ1) is 13.5. The highest BCUT2D eigenvalue weighted by atomic mass is 32.2. The van der Waals surface area contributed by atoms with Crippen LogP contribution in [0.4, 0.5) is 0 Å². The fourth-order valence-corrected chi connectivity index (χ4v) is 3.20. The summed E-state index contributed by atoms with van der Waals surface area (Å²) in [6, 6.07) is 4.16. The molecule has 0 bridgehead atoms. The summed E-state index contributed by atoms with van der Waals surface area (Å²) in [6.45, 7) is 1.82. The summed E-state index contributed by atoms with van der Waals surface area (Å²) in [6.07, 6.45) is 0. The summed E-state index contributed by atoms with van der Waals surface area (Å²) >= 11 is 2.63. The summed E-state index contributed by atoms with van der Waals surface area (Å²) < 4.78 is 0.678. The number of aryl methyl sites for hydroxylation is 1. The summed E-state index contributed by atoms with van der Waals surface area (Å²) in [7, 11) is 0. The molecule has 0 fully saturated rings. The van der Waals surface area contributed by atoms with Crippen molar-refractivity contribution in [2.45, 2.75) is 16.2 Å². The van der Waals surface area contributed by atoms with Gasteiger partial charge in [0.05, 0.1) is 11.1 Å². The van der Waals surface area contributed by atoms with Crippen molar-refractivity contribution in [3.63, 3.8) is 0 Å². The van der Waals surface area contributed by atoms with Gasteiger partial charge < -0.3 is 10.2 Å². The SMILES string of the molecule is Cc1nnc(Sc2ccc(C(=O)O)c(C(=O)O)c2)s1. The van der Waals surface area contributed by atoms with E-state index in [1.807, 2.05) is 6.92 Å². The molecule has 0 atom stereocenters. The fourth-order valence-electron chi connectivity index (χ4n) is 1.37. The lowest BCUT2D eigenvalue weighted by Gasteiger charge is -2.03. The zero-order valence-electron chi connectivity index (χ0n) is 9.65. The number of nitrogens with zero attached hydrogens (tertiary/aromatic N) is 2. The van der Waals surface area contributed by atoms with Crippen LogP contribution in [0.15, 0.2) is 27.4 Å². The average Bonchev–Trinajstić information content (AvgIpc) is 2.74. The Hall–Kier alpha value is -1.93.